The van der Waals surface area contributed by atoms with E-state index in [1.165, 1.54) is 82.3 Å². The van der Waals surface area contributed by atoms with E-state index in [-0.39, 0.29) is 107 Å². The van der Waals surface area contributed by atoms with Gasteiger partial charge in [0.15, 0.2) is 34.1 Å². The Balaban J connectivity index is 0.648. The molecule has 15 heterocycles. The summed E-state index contributed by atoms with van der Waals surface area (Å²) < 4.78 is 132. The lowest BCUT2D eigenvalue weighted by molar-refractivity contribution is -0.0553. The largest absolute Gasteiger partial charge is 0.386 e. The molecular weight excluding hydrogens is 1910 g/mol. The maximum Gasteiger partial charge on any atom is 0.386 e. The quantitative estimate of drug-likeness (QED) is 0.0199. The number of nitrogens with two attached hydrogens (primary N) is 4. The van der Waals surface area contributed by atoms with Gasteiger partial charge in [-0.05, 0) is 86.2 Å². The first-order valence-corrected chi connectivity index (χ1v) is 53.5. The van der Waals surface area contributed by atoms with Gasteiger partial charge in [-0.3, -0.25) is 65.8 Å². The van der Waals surface area contributed by atoms with Gasteiger partial charge >= 0.3 is 57.5 Å². The van der Waals surface area contributed by atoms with Crippen LogP contribution < -0.4 is 56.7 Å². The number of aryl methyl sites for hydroxylation is 3. The van der Waals surface area contributed by atoms with Crippen LogP contribution in [0, 0.1) is 20.8 Å². The van der Waals surface area contributed by atoms with Crippen LogP contribution in [0.2, 0.25) is 0 Å². The number of fused-ring (bicyclic) bond motifs is 3. The second-order valence-electron chi connectivity index (χ2n) is 29.3. The molecule has 0 aromatic carbocycles. The standard InChI is InChI=1S/C62H82N22O30P6S6/c1-6-29-30(7-41(103-29)80-14-27(3)56(85)77-61(80)89)110-116(92,122)98-17-37-32(9-42(105-37)79-13-26(2)50(63)74-60(79)88)111-117(93,123)102-20-40-35(12-46(108-40)84-25-73-49-55(84)75-59(66)76-58(49)87)114-120(96,126)101-19-39-34(11-45(107-39)83-24-72-48-52(65)68-22-70-54(48)83)113-119(95,125)100-18-38-33(10-44(106-38)82-23-71-47-51(64)67-21-69-53(47)82)112-118(94,124)99-16-36-31(109-115(91,121)97-5)8-43(104-36)81-15-28(4)57(86)78-62(81)90/h13-15,21-25,29-46H,6-12,16-20H2,1-5H3,(H,91,121)(H,92,122)(H,93,123)(H,94,124)(H,95,125)(H,96,126)(H2,63,74,88)(H2,64,67,69)(H2,65,68,70)(H,77,85,89)(H,78,86,90)(H3,66,75,76,87)/t29-,30-,31-,32-,33-,34-,35-,36-,37-,38-,39-,40-,41-,42-,43-,44-,45-,46-,115?,116?,117?,118?,119?,120?/m1/s1. The van der Waals surface area contributed by atoms with E-state index in [0.717, 1.165) is 16.2 Å². The van der Waals surface area contributed by atoms with Crippen LogP contribution in [-0.4, -0.2) is 225 Å². The van der Waals surface area contributed by atoms with E-state index in [9.17, 15) is 57.8 Å². The van der Waals surface area contributed by atoms with E-state index in [4.69, 9.17) is 165 Å². The number of hydrogen-bond acceptors (Lipinski definition) is 43. The van der Waals surface area contributed by atoms with E-state index in [0.29, 0.717) is 12.0 Å². The van der Waals surface area contributed by atoms with Crippen molar-refractivity contribution in [1.29, 1.82) is 0 Å². The molecule has 6 fully saturated rings. The van der Waals surface area contributed by atoms with Crippen LogP contribution in [0.15, 0.2) is 79.0 Å². The minimum absolute atomic E-state index is 0.0106. The van der Waals surface area contributed by atoms with E-state index >= 15 is 0 Å². The number of ether oxygens (including phenoxy) is 6. The SMILES string of the molecule is CC[C@H]1O[C@@H](n2cc(C)c(=O)[nH]c2=O)C[C@H]1OP(O)(=S)OC[C@H]1O[C@@H](n2cc(C)c(N)nc2=O)C[C@H]1OP(=O)(S)OC[C@H]1O[C@@H](n2cnc3c(=O)[nH]c(N)nc32)C[C@H]1OP(O)(=S)OC[C@H]1O[C@@H](n2cnc3c(N)ncnc32)C[C@H]1OP(O)(=S)OC[C@H]1O[C@@H](n2cnc3c(N)ncnc32)C[C@H]1OP(O)(=S)OC[C@H]1O[C@@H](n2cc(C)c(=O)[nH]c2=O)C[C@H]1OP(O)(=S)OC. The Labute approximate surface area is 738 Å². The van der Waals surface area contributed by atoms with Gasteiger partial charge < -0.3 is 121 Å². The van der Waals surface area contributed by atoms with Gasteiger partial charge in [-0.2, -0.15) is 9.97 Å². The lowest BCUT2D eigenvalue weighted by Gasteiger charge is -2.28. The van der Waals surface area contributed by atoms with Gasteiger partial charge in [0.1, 0.15) is 103 Å². The molecule has 0 spiro atoms. The molecule has 9 aromatic heterocycles. The van der Waals surface area contributed by atoms with Gasteiger partial charge in [-0.1, -0.05) is 19.2 Å². The number of aromatic amines is 3. The van der Waals surface area contributed by atoms with Crippen molar-refractivity contribution in [3.05, 3.63) is 129 Å². The number of H-pyrrole nitrogens is 3. The second-order valence-corrected chi connectivity index (χ2v) is 46.3. The van der Waals surface area contributed by atoms with Crippen molar-refractivity contribution in [1.82, 2.24) is 87.2 Å². The van der Waals surface area contributed by atoms with Crippen LogP contribution in [0.1, 0.15) is 106 Å². The van der Waals surface area contributed by atoms with Crippen molar-refractivity contribution in [3.63, 3.8) is 0 Å². The lowest BCUT2D eigenvalue weighted by Crippen LogP contribution is -2.33. The summed E-state index contributed by atoms with van der Waals surface area (Å²) in [5.41, 5.74) is 21.2. The third kappa shape index (κ3) is 21.4. The Morgan fingerprint density at radius 1 is 0.421 bits per heavy atom. The van der Waals surface area contributed by atoms with Crippen molar-refractivity contribution in [2.75, 3.05) is 63.1 Å². The van der Waals surface area contributed by atoms with Crippen molar-refractivity contribution < 1.29 is 112 Å². The molecular formula is C62H82N22O30P6S6. The van der Waals surface area contributed by atoms with Crippen LogP contribution in [-0.2, 0) is 146 Å². The molecule has 0 radical (unpaired) electrons. The van der Waals surface area contributed by atoms with Crippen LogP contribution >= 0.6 is 52.6 Å². The number of nitrogen functional groups attached to an aromatic ring is 4. The number of nitrogens with zero attached hydrogens (tertiary/aromatic N) is 15. The number of hydrogen-bond donors (Lipinski definition) is 13. The summed E-state index contributed by atoms with van der Waals surface area (Å²) in [6.07, 6.45) is -12.2. The number of imidazole rings is 3. The van der Waals surface area contributed by atoms with Gasteiger partial charge in [-0.15, -0.1) is 0 Å². The highest BCUT2D eigenvalue weighted by Gasteiger charge is 2.51. The molecule has 9 aromatic rings. The molecule has 0 amide bonds. The molecule has 6 aliphatic heterocycles. The highest BCUT2D eigenvalue weighted by Crippen LogP contribution is 2.60. The molecule has 126 heavy (non-hydrogen) atoms. The van der Waals surface area contributed by atoms with Crippen molar-refractivity contribution >= 4 is 169 Å². The lowest BCUT2D eigenvalue weighted by atomic mass is 10.1. The highest BCUT2D eigenvalue weighted by molar-refractivity contribution is 8.44. The van der Waals surface area contributed by atoms with Crippen LogP contribution in [0.5, 0.6) is 0 Å². The number of rotatable bonds is 35. The summed E-state index contributed by atoms with van der Waals surface area (Å²) in [5, 5.41) is 0. The van der Waals surface area contributed by atoms with E-state index in [1.54, 1.807) is 13.8 Å². The number of nitrogens with one attached hydrogen (secondary N) is 3. The maximum absolute atomic E-state index is 14.8. The first-order valence-electron chi connectivity index (χ1n) is 37.8. The molecule has 16 N–H and O–H groups in total. The summed E-state index contributed by atoms with van der Waals surface area (Å²) in [7, 11) is 1.12. The monoisotopic (exact) mass is 1990 g/mol. The summed E-state index contributed by atoms with van der Waals surface area (Å²) in [4.78, 5) is 180. The molecule has 64 heteroatoms. The molecule has 0 bridgehead atoms. The average Bonchev–Trinajstić information content (AvgIpc) is 1.63. The first-order chi connectivity index (χ1) is 59.5. The molecule has 6 saturated heterocycles. The molecule has 52 nitrogen and oxygen atoms in total. The summed E-state index contributed by atoms with van der Waals surface area (Å²) in [5.74, 6) is -0.331. The van der Waals surface area contributed by atoms with Crippen molar-refractivity contribution in [2.45, 2.75) is 183 Å². The summed E-state index contributed by atoms with van der Waals surface area (Å²) in [6, 6.07) is 0. The van der Waals surface area contributed by atoms with Crippen LogP contribution in [0.25, 0.3) is 33.5 Å². The third-order valence-electron chi connectivity index (χ3n) is 20.9. The minimum Gasteiger partial charge on any atom is -0.383 e. The average molecular weight is 1990 g/mol. The topological polar surface area (TPSA) is 684 Å². The van der Waals surface area contributed by atoms with Gasteiger partial charge in [0, 0.05) is 80.9 Å². The Bertz CT molecular complexity index is 6330. The molecule has 0 aliphatic carbocycles. The predicted octanol–water partition coefficient (Wildman–Crippen LogP) is 1.71. The zero-order valence-electron chi connectivity index (χ0n) is 66.1. The van der Waals surface area contributed by atoms with Gasteiger partial charge in [0.2, 0.25) is 5.95 Å². The Morgan fingerprint density at radius 2 is 0.754 bits per heavy atom. The molecule has 686 valence electrons. The van der Waals surface area contributed by atoms with E-state index in [2.05, 4.69) is 72.1 Å². The Kier molecular flexibility index (Phi) is 28.3. The van der Waals surface area contributed by atoms with Gasteiger partial charge in [-0.25, -0.2) is 53.8 Å². The maximum atomic E-state index is 14.8. The highest BCUT2D eigenvalue weighted by atomic mass is 32.7. The smallest absolute Gasteiger partial charge is 0.383 e. The minimum atomic E-state index is -4.75. The Morgan fingerprint density at radius 3 is 1.15 bits per heavy atom. The summed E-state index contributed by atoms with van der Waals surface area (Å²) >= 11 is 32.0. The van der Waals surface area contributed by atoms with E-state index in [1.807, 2.05) is 0 Å². The molecule has 24 atom stereocenters. The normalized spacial score (nSPS) is 29.4. The molecule has 6 aliphatic rings. The Hall–Kier alpha value is -6.20. The van der Waals surface area contributed by atoms with Crippen molar-refractivity contribution in [3.8, 4) is 0 Å². The number of aromatic nitrogens is 18. The van der Waals surface area contributed by atoms with E-state index < -0.39 is 218 Å². The van der Waals surface area contributed by atoms with Crippen molar-refractivity contribution in [2.24, 2.45) is 0 Å². The predicted molar refractivity (Wildman–Crippen MR) is 458 cm³/mol. The zero-order chi connectivity index (χ0) is 90.2. The first kappa shape index (κ1) is 94.4. The fourth-order valence-electron chi connectivity index (χ4n) is 14.8. The fraction of sp³-hybridized carbons (Fsp3) is 0.565. The van der Waals surface area contributed by atoms with Gasteiger partial charge in [0.05, 0.1) is 88.6 Å². The van der Waals surface area contributed by atoms with Crippen LogP contribution in [0.4, 0.5) is 23.4 Å². The number of thiol groups is 1. The molecule has 0 saturated carbocycles. The summed E-state index contributed by atoms with van der Waals surface area (Å²) in [6.45, 7) is -23.8. The zero-order valence-corrected chi connectivity index (χ0v) is 76.5. The molecule has 15 rings (SSSR count). The number of anilines is 4. The fourth-order valence-corrected chi connectivity index (χ4v) is 23.2. The van der Waals surface area contributed by atoms with Gasteiger partial charge in [0.25, 0.3) is 16.7 Å². The van der Waals surface area contributed by atoms with Crippen LogP contribution in [0.3, 0.4) is 0 Å². The second kappa shape index (κ2) is 37.8. The molecule has 6 unspecified atom stereocenters. The third-order valence-corrected chi connectivity index (χ3v) is 30.6.